The molecule has 0 unspecified atom stereocenters. The molecule has 0 aliphatic heterocycles. The first-order chi connectivity index (χ1) is 14.3. The molecule has 1 fully saturated rings. The van der Waals surface area contributed by atoms with Crippen molar-refractivity contribution in [2.45, 2.75) is 63.3 Å². The molecule has 1 radical (unpaired) electrons. The fraction of sp³-hybridized carbons (Fsp3) is 0.545. The van der Waals surface area contributed by atoms with Crippen molar-refractivity contribution in [1.82, 2.24) is 0 Å². The minimum absolute atomic E-state index is 0.0374. The number of carbonyl (C=O) groups is 1. The van der Waals surface area contributed by atoms with E-state index in [2.05, 4.69) is 0 Å². The van der Waals surface area contributed by atoms with Crippen LogP contribution in [0.5, 0.6) is 0 Å². The summed E-state index contributed by atoms with van der Waals surface area (Å²) in [5.41, 5.74) is 4.34. The summed E-state index contributed by atoms with van der Waals surface area (Å²) in [6, 6.07) is 3.73. The van der Waals surface area contributed by atoms with Crippen molar-refractivity contribution in [2.75, 3.05) is 0 Å². The summed E-state index contributed by atoms with van der Waals surface area (Å²) in [7, 11) is 0. The van der Waals surface area contributed by atoms with E-state index in [9.17, 15) is 24.9 Å². The number of aliphatic hydroxyl groups is 3. The molecule has 0 bridgehead atoms. The predicted molar refractivity (Wildman–Crippen MR) is 118 cm³/mol. The topological polar surface area (TPSA) is 121 Å². The van der Waals surface area contributed by atoms with E-state index < -0.39 is 35.6 Å². The van der Waals surface area contributed by atoms with Crippen LogP contribution in [0.25, 0.3) is 0 Å². The van der Waals surface area contributed by atoms with E-state index >= 15 is 0 Å². The average Bonchev–Trinajstić information content (AvgIpc) is 3.22. The second-order valence-electron chi connectivity index (χ2n) is 7.66. The Morgan fingerprint density at radius 2 is 2.17 bits per heavy atom. The Hall–Kier alpha value is -1.51. The lowest BCUT2D eigenvalue weighted by Crippen LogP contribution is -2.47. The first kappa shape index (κ1) is 24.8. The summed E-state index contributed by atoms with van der Waals surface area (Å²) in [5, 5.41) is 31.3. The van der Waals surface area contributed by atoms with Crippen molar-refractivity contribution in [3.8, 4) is 0 Å². The van der Waals surface area contributed by atoms with Gasteiger partial charge >= 0.3 is 0 Å². The highest BCUT2D eigenvalue weighted by Crippen LogP contribution is 2.47. The number of aliphatic hydroxyl groups excluding tert-OH is 3. The average molecular weight is 455 g/mol. The number of nitrogens with two attached hydrogens (primary N) is 1. The van der Waals surface area contributed by atoms with Gasteiger partial charge < -0.3 is 21.1 Å². The number of amides is 1. The number of hydrogen-bond acceptors (Lipinski definition) is 6. The first-order valence-electron chi connectivity index (χ1n) is 10.1. The molecule has 1 aromatic rings. The van der Waals surface area contributed by atoms with E-state index in [0.717, 1.165) is 4.88 Å². The van der Waals surface area contributed by atoms with Crippen molar-refractivity contribution in [3.05, 3.63) is 45.7 Å². The molecule has 8 heteroatoms. The first-order valence-corrected chi connectivity index (χ1v) is 11.3. The lowest BCUT2D eigenvalue weighted by atomic mass is 9.72. The summed E-state index contributed by atoms with van der Waals surface area (Å²) < 4.78 is 0.696. The van der Waals surface area contributed by atoms with E-state index in [0.29, 0.717) is 36.4 Å². The number of hydrogen-bond donors (Lipinski definition) is 4. The van der Waals surface area contributed by atoms with Gasteiger partial charge in [0.05, 0.1) is 28.1 Å². The van der Waals surface area contributed by atoms with Crippen molar-refractivity contribution in [2.24, 2.45) is 17.1 Å². The Labute approximate surface area is 186 Å². The molecule has 6 nitrogen and oxygen atoms in total. The molecule has 5 N–H and O–H groups in total. The third-order valence-corrected chi connectivity index (χ3v) is 6.95. The molecular formula is C22H29ClNO5S. The number of primary amides is 1. The normalized spacial score (nSPS) is 27.8. The highest BCUT2D eigenvalue weighted by molar-refractivity contribution is 7.16. The minimum Gasteiger partial charge on any atom is -0.392 e. The van der Waals surface area contributed by atoms with Crippen molar-refractivity contribution in [3.63, 3.8) is 0 Å². The lowest BCUT2D eigenvalue weighted by molar-refractivity contribution is -0.135. The van der Waals surface area contributed by atoms with Gasteiger partial charge in [-0.3, -0.25) is 9.59 Å². The van der Waals surface area contributed by atoms with E-state index in [1.807, 2.05) is 24.5 Å². The summed E-state index contributed by atoms with van der Waals surface area (Å²) in [4.78, 5) is 23.7. The molecule has 165 valence electrons. The molecule has 0 aromatic carbocycles. The lowest BCUT2D eigenvalue weighted by Gasteiger charge is -2.33. The van der Waals surface area contributed by atoms with Gasteiger partial charge in [0, 0.05) is 23.6 Å². The Bertz CT molecular complexity index is 764. The standard InChI is InChI=1S/C22H29ClNO5S/c23-20-11-9-16(30-20)8-6-15(26)7-10-17-18(27)14-19(28)22(17,21(24)29)12-4-2-1-3-5-13-25/h2,4,7,9-11,15,17-19,26-28H,1,3,5-6,8,12,14H2,(H2,24,29)/b4-2-,10-7+/t15-,17-,18+,19-,22+/m0/s1. The SMILES string of the molecule is NC(=O)[C@@]1(C/C=C\CCC[C]=O)[C@@H](O)C[C@@H](O)[C@@H]1/C=C/[C@@H](O)CCc1ccc(Cl)s1. The predicted octanol–water partition coefficient (Wildman–Crippen LogP) is 2.69. The summed E-state index contributed by atoms with van der Waals surface area (Å²) >= 11 is 7.38. The molecule has 0 saturated heterocycles. The molecule has 1 aliphatic carbocycles. The second-order valence-corrected chi connectivity index (χ2v) is 9.46. The van der Waals surface area contributed by atoms with Crippen LogP contribution in [-0.2, 0) is 16.0 Å². The van der Waals surface area contributed by atoms with E-state index in [-0.39, 0.29) is 12.8 Å². The van der Waals surface area contributed by atoms with Gasteiger partial charge in [0.1, 0.15) is 0 Å². The van der Waals surface area contributed by atoms with Crippen LogP contribution in [0.15, 0.2) is 36.4 Å². The fourth-order valence-electron chi connectivity index (χ4n) is 3.96. The van der Waals surface area contributed by atoms with Crippen LogP contribution in [0.1, 0.15) is 43.4 Å². The van der Waals surface area contributed by atoms with Gasteiger partial charge in [0.15, 0.2) is 6.29 Å². The monoisotopic (exact) mass is 454 g/mol. The molecule has 1 amide bonds. The van der Waals surface area contributed by atoms with E-state index in [1.165, 1.54) is 11.3 Å². The van der Waals surface area contributed by atoms with Crippen LogP contribution in [-0.4, -0.2) is 45.8 Å². The fourth-order valence-corrected chi connectivity index (χ4v) is 5.06. The van der Waals surface area contributed by atoms with Gasteiger partial charge in [-0.2, -0.15) is 0 Å². The second kappa shape index (κ2) is 11.8. The maximum Gasteiger partial charge on any atom is 0.227 e. The van der Waals surface area contributed by atoms with Crippen LogP contribution in [0.3, 0.4) is 0 Å². The Kier molecular flexibility index (Phi) is 9.71. The highest BCUT2D eigenvalue weighted by Gasteiger charge is 2.56. The minimum atomic E-state index is -1.34. The van der Waals surface area contributed by atoms with Gasteiger partial charge in [0.2, 0.25) is 5.91 Å². The van der Waals surface area contributed by atoms with Crippen LogP contribution < -0.4 is 5.73 Å². The maximum atomic E-state index is 12.4. The number of unbranched alkanes of at least 4 members (excludes halogenated alkanes) is 2. The summed E-state index contributed by atoms with van der Waals surface area (Å²) in [6.45, 7) is 0. The zero-order valence-electron chi connectivity index (χ0n) is 16.7. The van der Waals surface area contributed by atoms with Crippen molar-refractivity contribution < 1.29 is 24.9 Å². The third-order valence-electron chi connectivity index (χ3n) is 5.66. The molecule has 1 saturated carbocycles. The zero-order chi connectivity index (χ0) is 22.1. The maximum absolute atomic E-state index is 12.4. The van der Waals surface area contributed by atoms with Crippen LogP contribution >= 0.6 is 22.9 Å². The largest absolute Gasteiger partial charge is 0.392 e. The molecule has 5 atom stereocenters. The van der Waals surface area contributed by atoms with Gasteiger partial charge in [-0.1, -0.05) is 35.9 Å². The van der Waals surface area contributed by atoms with Gasteiger partial charge in [-0.05, 0) is 44.2 Å². The summed E-state index contributed by atoms with van der Waals surface area (Å²) in [5.74, 6) is -1.39. The van der Waals surface area contributed by atoms with E-state index in [1.54, 1.807) is 18.2 Å². The zero-order valence-corrected chi connectivity index (χ0v) is 18.3. The number of thiophene rings is 1. The number of aryl methyl sites for hydroxylation is 1. The molecule has 1 heterocycles. The van der Waals surface area contributed by atoms with Gasteiger partial charge in [-0.25, -0.2) is 0 Å². The van der Waals surface area contributed by atoms with Crippen molar-refractivity contribution >= 4 is 35.1 Å². The molecule has 1 aromatic heterocycles. The Morgan fingerprint density at radius 3 is 2.80 bits per heavy atom. The Balaban J connectivity index is 2.06. The number of carbonyl (C=O) groups excluding carboxylic acids is 2. The Morgan fingerprint density at radius 1 is 1.40 bits per heavy atom. The number of halogens is 1. The summed E-state index contributed by atoms with van der Waals surface area (Å²) in [6.07, 6.45) is 8.76. The van der Waals surface area contributed by atoms with Crippen LogP contribution in [0.4, 0.5) is 0 Å². The number of allylic oxidation sites excluding steroid dienone is 2. The number of rotatable bonds is 12. The quantitative estimate of drug-likeness (QED) is 0.286. The third kappa shape index (κ3) is 6.25. The highest BCUT2D eigenvalue weighted by atomic mass is 35.5. The van der Waals surface area contributed by atoms with Crippen molar-refractivity contribution in [1.29, 1.82) is 0 Å². The van der Waals surface area contributed by atoms with Gasteiger partial charge in [-0.15, -0.1) is 11.3 Å². The van der Waals surface area contributed by atoms with Gasteiger partial charge in [0.25, 0.3) is 0 Å². The molecule has 1 aliphatic rings. The molecular weight excluding hydrogens is 426 g/mol. The van der Waals surface area contributed by atoms with Crippen LogP contribution in [0.2, 0.25) is 4.34 Å². The van der Waals surface area contributed by atoms with Crippen LogP contribution in [0, 0.1) is 11.3 Å². The molecule has 2 rings (SSSR count). The van der Waals surface area contributed by atoms with E-state index in [4.69, 9.17) is 17.3 Å². The molecule has 30 heavy (non-hydrogen) atoms. The molecule has 0 spiro atoms. The smallest absolute Gasteiger partial charge is 0.227 e.